The molecule has 0 saturated carbocycles. The van der Waals surface area contributed by atoms with Gasteiger partial charge in [0.25, 0.3) is 0 Å². The Morgan fingerprint density at radius 3 is 2.56 bits per heavy atom. The second-order valence-electron chi connectivity index (χ2n) is 4.33. The van der Waals surface area contributed by atoms with Crippen molar-refractivity contribution < 1.29 is 13.5 Å². The van der Waals surface area contributed by atoms with E-state index in [1.54, 1.807) is 31.0 Å². The quantitative estimate of drug-likeness (QED) is 0.660. The largest absolute Gasteiger partial charge is 0.399 e. The van der Waals surface area contributed by atoms with Crippen LogP contribution < -0.4 is 15.8 Å². The lowest BCUT2D eigenvalue weighted by Crippen LogP contribution is -2.25. The summed E-state index contributed by atoms with van der Waals surface area (Å²) in [7, 11) is -2.09. The van der Waals surface area contributed by atoms with Crippen molar-refractivity contribution in [3.63, 3.8) is 0 Å². The summed E-state index contributed by atoms with van der Waals surface area (Å²) in [5, 5.41) is 14.4. The van der Waals surface area contributed by atoms with Gasteiger partial charge in [-0.1, -0.05) is 0 Å². The number of nitrogens with zero attached hydrogens (tertiary/aromatic N) is 1. The zero-order valence-corrected chi connectivity index (χ0v) is 11.3. The minimum atomic E-state index is -3.82. The number of nitrogens with two attached hydrogens (primary N) is 2. The number of aliphatic hydroxyl groups excluding tert-OH is 1. The summed E-state index contributed by atoms with van der Waals surface area (Å²) in [6.07, 6.45) is 0.0875. The number of hydrogen-bond donors (Lipinski definition) is 3. The Hall–Kier alpha value is -1.31. The van der Waals surface area contributed by atoms with E-state index in [2.05, 4.69) is 0 Å². The lowest BCUT2D eigenvalue weighted by Gasteiger charge is -2.22. The maximum atomic E-state index is 11.5. The average molecular weight is 273 g/mol. The van der Waals surface area contributed by atoms with E-state index in [-0.39, 0.29) is 4.90 Å². The Morgan fingerprint density at radius 2 is 2.06 bits per heavy atom. The summed E-state index contributed by atoms with van der Waals surface area (Å²) in [4.78, 5) is 1.72. The van der Waals surface area contributed by atoms with E-state index in [1.807, 2.05) is 0 Å². The van der Waals surface area contributed by atoms with Gasteiger partial charge in [0.1, 0.15) is 4.90 Å². The molecule has 0 aliphatic rings. The molecule has 0 bridgehead atoms. The van der Waals surface area contributed by atoms with Crippen molar-refractivity contribution in [2.45, 2.75) is 24.3 Å². The summed E-state index contributed by atoms with van der Waals surface area (Å²) >= 11 is 0. The van der Waals surface area contributed by atoms with Crippen molar-refractivity contribution in [1.29, 1.82) is 0 Å². The highest BCUT2D eigenvalue weighted by Gasteiger charge is 2.17. The van der Waals surface area contributed by atoms with E-state index in [9.17, 15) is 13.5 Å². The van der Waals surface area contributed by atoms with Crippen molar-refractivity contribution in [2.24, 2.45) is 5.14 Å². The molecular weight excluding hydrogens is 254 g/mol. The molecule has 0 spiro atoms. The van der Waals surface area contributed by atoms with Gasteiger partial charge < -0.3 is 15.7 Å². The molecule has 5 N–H and O–H groups in total. The first-order valence-electron chi connectivity index (χ1n) is 5.53. The number of hydrogen-bond acceptors (Lipinski definition) is 5. The third-order valence-electron chi connectivity index (χ3n) is 2.58. The van der Waals surface area contributed by atoms with Crippen LogP contribution in [0.5, 0.6) is 0 Å². The Balaban J connectivity index is 3.08. The number of anilines is 2. The molecule has 0 fully saturated rings. The summed E-state index contributed by atoms with van der Waals surface area (Å²) in [6, 6.07) is 4.56. The monoisotopic (exact) mass is 273 g/mol. The molecule has 0 radical (unpaired) electrons. The predicted molar refractivity (Wildman–Crippen MR) is 71.8 cm³/mol. The summed E-state index contributed by atoms with van der Waals surface area (Å²) < 4.78 is 23.0. The van der Waals surface area contributed by atoms with E-state index < -0.39 is 16.1 Å². The highest BCUT2D eigenvalue weighted by Crippen LogP contribution is 2.25. The number of sulfonamides is 1. The predicted octanol–water partition coefficient (Wildman–Crippen LogP) is 0.123. The van der Waals surface area contributed by atoms with Crippen LogP contribution in [0, 0.1) is 0 Å². The first-order valence-corrected chi connectivity index (χ1v) is 7.08. The molecule has 0 aromatic heterocycles. The minimum absolute atomic E-state index is 0.00408. The second-order valence-corrected chi connectivity index (χ2v) is 5.86. The molecule has 1 atom stereocenters. The van der Waals surface area contributed by atoms with Crippen molar-refractivity contribution in [3.05, 3.63) is 18.2 Å². The smallest absolute Gasteiger partial charge is 0.240 e. The first-order chi connectivity index (χ1) is 8.21. The molecule has 0 saturated heterocycles. The van der Waals surface area contributed by atoms with Crippen LogP contribution in [-0.2, 0) is 10.0 Å². The van der Waals surface area contributed by atoms with Gasteiger partial charge in [0, 0.05) is 19.3 Å². The fourth-order valence-electron chi connectivity index (χ4n) is 1.57. The molecule has 7 heteroatoms. The molecule has 0 aliphatic carbocycles. The summed E-state index contributed by atoms with van der Waals surface area (Å²) in [5.41, 5.74) is 6.39. The molecule has 1 unspecified atom stereocenters. The molecule has 1 aromatic carbocycles. The van der Waals surface area contributed by atoms with Gasteiger partial charge in [0.05, 0.1) is 11.8 Å². The number of aliphatic hydroxyl groups is 1. The van der Waals surface area contributed by atoms with E-state index in [0.29, 0.717) is 24.3 Å². The summed E-state index contributed by atoms with van der Waals surface area (Å²) in [6.45, 7) is 2.20. The minimum Gasteiger partial charge on any atom is -0.399 e. The van der Waals surface area contributed by atoms with Crippen LogP contribution in [0.2, 0.25) is 0 Å². The van der Waals surface area contributed by atoms with E-state index in [1.165, 1.54) is 6.07 Å². The van der Waals surface area contributed by atoms with Gasteiger partial charge in [0.2, 0.25) is 10.0 Å². The van der Waals surface area contributed by atoms with E-state index >= 15 is 0 Å². The van der Waals surface area contributed by atoms with Crippen molar-refractivity contribution in [3.8, 4) is 0 Å². The third kappa shape index (κ3) is 3.86. The van der Waals surface area contributed by atoms with Gasteiger partial charge in [-0.2, -0.15) is 0 Å². The molecule has 0 aliphatic heterocycles. The van der Waals surface area contributed by atoms with Gasteiger partial charge in [-0.05, 0) is 31.5 Å². The number of primary sulfonamides is 1. The number of nitrogen functional groups attached to an aromatic ring is 1. The van der Waals surface area contributed by atoms with E-state index in [4.69, 9.17) is 10.9 Å². The Kier molecular flexibility index (Phi) is 4.55. The number of rotatable bonds is 5. The maximum Gasteiger partial charge on any atom is 0.240 e. The highest BCUT2D eigenvalue weighted by molar-refractivity contribution is 7.89. The van der Waals surface area contributed by atoms with Gasteiger partial charge in [-0.3, -0.25) is 0 Å². The Bertz CT molecular complexity index is 514. The topological polar surface area (TPSA) is 110 Å². The number of benzene rings is 1. The van der Waals surface area contributed by atoms with Crippen molar-refractivity contribution in [2.75, 3.05) is 24.2 Å². The van der Waals surface area contributed by atoms with Gasteiger partial charge in [-0.25, -0.2) is 13.6 Å². The van der Waals surface area contributed by atoms with Crippen LogP contribution in [0.1, 0.15) is 13.3 Å². The fraction of sp³-hybridized carbons (Fsp3) is 0.455. The van der Waals surface area contributed by atoms with E-state index in [0.717, 1.165) is 0 Å². The summed E-state index contributed by atoms with van der Waals surface area (Å²) in [5.74, 6) is 0. The van der Waals surface area contributed by atoms with Gasteiger partial charge in [-0.15, -0.1) is 0 Å². The fourth-order valence-corrected chi connectivity index (χ4v) is 2.39. The SMILES string of the molecule is CC(O)CCN(C)c1ccc(N)cc1S(N)(=O)=O. The Morgan fingerprint density at radius 1 is 1.44 bits per heavy atom. The average Bonchev–Trinajstić information content (AvgIpc) is 2.24. The molecule has 18 heavy (non-hydrogen) atoms. The second kappa shape index (κ2) is 5.55. The zero-order chi connectivity index (χ0) is 13.9. The molecular formula is C11H19N3O3S. The van der Waals surface area contributed by atoms with Crippen LogP contribution in [0.25, 0.3) is 0 Å². The first kappa shape index (κ1) is 14.7. The van der Waals surface area contributed by atoms with Gasteiger partial charge in [0.15, 0.2) is 0 Å². The van der Waals surface area contributed by atoms with Crippen molar-refractivity contribution in [1.82, 2.24) is 0 Å². The highest BCUT2D eigenvalue weighted by atomic mass is 32.2. The third-order valence-corrected chi connectivity index (χ3v) is 3.52. The molecule has 1 rings (SSSR count). The van der Waals surface area contributed by atoms with Crippen LogP contribution in [0.3, 0.4) is 0 Å². The van der Waals surface area contributed by atoms with Crippen LogP contribution >= 0.6 is 0 Å². The maximum absolute atomic E-state index is 11.5. The molecule has 0 amide bonds. The van der Waals surface area contributed by atoms with Crippen LogP contribution in [0.15, 0.2) is 23.1 Å². The lowest BCUT2D eigenvalue weighted by molar-refractivity contribution is 0.187. The molecule has 1 aromatic rings. The molecule has 102 valence electrons. The molecule has 6 nitrogen and oxygen atoms in total. The Labute approximate surface area is 107 Å². The standard InChI is InChI=1S/C11H19N3O3S/c1-8(15)5-6-14(2)10-4-3-9(12)7-11(10)18(13,16)17/h3-4,7-8,15H,5-6,12H2,1-2H3,(H2,13,16,17). The normalized spacial score (nSPS) is 13.3. The van der Waals surface area contributed by atoms with Crippen LogP contribution in [-0.4, -0.2) is 33.2 Å². The van der Waals surface area contributed by atoms with Crippen molar-refractivity contribution >= 4 is 21.4 Å². The van der Waals surface area contributed by atoms with Gasteiger partial charge >= 0.3 is 0 Å². The van der Waals surface area contributed by atoms with Crippen LogP contribution in [0.4, 0.5) is 11.4 Å². The molecule has 0 heterocycles. The lowest BCUT2D eigenvalue weighted by atomic mass is 10.2. The zero-order valence-electron chi connectivity index (χ0n) is 10.5.